The number of nitrogens with zero attached hydrogens (tertiary/aromatic N) is 2. The lowest BCUT2D eigenvalue weighted by molar-refractivity contribution is -0.134. The Bertz CT molecular complexity index is 1100. The molecule has 0 aliphatic heterocycles. The average molecular weight is 455 g/mol. The lowest BCUT2D eigenvalue weighted by Gasteiger charge is -2.22. The Balaban J connectivity index is 1.90. The lowest BCUT2D eigenvalue weighted by atomic mass is 10.1. The molecule has 0 aliphatic rings. The van der Waals surface area contributed by atoms with Crippen LogP contribution in [0.3, 0.4) is 0 Å². The van der Waals surface area contributed by atoms with Gasteiger partial charge in [0.1, 0.15) is 0 Å². The van der Waals surface area contributed by atoms with E-state index < -0.39 is 0 Å². The molecule has 0 bridgehead atoms. The van der Waals surface area contributed by atoms with Crippen molar-refractivity contribution in [2.45, 2.75) is 56.4 Å². The number of ether oxygens (including phenoxy) is 3. The van der Waals surface area contributed by atoms with Gasteiger partial charge in [-0.05, 0) is 64.4 Å². The fourth-order valence-electron chi connectivity index (χ4n) is 3.18. The highest BCUT2D eigenvalue weighted by Crippen LogP contribution is 2.40. The van der Waals surface area contributed by atoms with Crippen LogP contribution in [0.5, 0.6) is 17.4 Å². The minimum absolute atomic E-state index is 0.101. The van der Waals surface area contributed by atoms with Crippen molar-refractivity contribution in [3.8, 4) is 17.4 Å². The summed E-state index contributed by atoms with van der Waals surface area (Å²) in [5.41, 5.74) is 2.44. The van der Waals surface area contributed by atoms with Crippen LogP contribution in [0, 0.1) is 13.8 Å². The monoisotopic (exact) mass is 454 g/mol. The van der Waals surface area contributed by atoms with Gasteiger partial charge < -0.3 is 14.2 Å². The maximum atomic E-state index is 12.9. The fourth-order valence-corrected chi connectivity index (χ4v) is 4.09. The Kier molecular flexibility index (Phi) is 7.19. The molecular weight excluding hydrogens is 424 g/mol. The molecule has 1 heterocycles. The van der Waals surface area contributed by atoms with E-state index in [2.05, 4.69) is 36.3 Å². The lowest BCUT2D eigenvalue weighted by Crippen LogP contribution is -2.26. The second-order valence-electron chi connectivity index (χ2n) is 8.56. The van der Waals surface area contributed by atoms with E-state index in [4.69, 9.17) is 14.2 Å². The Morgan fingerprint density at radius 3 is 2.25 bits per heavy atom. The molecule has 0 amide bonds. The van der Waals surface area contributed by atoms with Crippen LogP contribution >= 0.6 is 11.8 Å². The second-order valence-corrected chi connectivity index (χ2v) is 9.64. The van der Waals surface area contributed by atoms with E-state index in [0.717, 1.165) is 21.0 Å². The predicted molar refractivity (Wildman–Crippen MR) is 126 cm³/mol. The molecule has 3 aromatic rings. The largest absolute Gasteiger partial charge is 0.493 e. The molecule has 0 saturated heterocycles. The molecule has 0 atom stereocenters. The van der Waals surface area contributed by atoms with Crippen molar-refractivity contribution in [2.24, 2.45) is 0 Å². The van der Waals surface area contributed by atoms with Crippen molar-refractivity contribution < 1.29 is 19.0 Å². The molecule has 32 heavy (non-hydrogen) atoms. The van der Waals surface area contributed by atoms with Crippen LogP contribution in [0.25, 0.3) is 0 Å². The molecule has 0 fully saturated rings. The van der Waals surface area contributed by atoms with Crippen molar-refractivity contribution in [1.29, 1.82) is 0 Å². The molecule has 6 nitrogen and oxygen atoms in total. The van der Waals surface area contributed by atoms with Gasteiger partial charge in [0.25, 0.3) is 0 Å². The number of hydrogen-bond acceptors (Lipinski definition) is 6. The Morgan fingerprint density at radius 1 is 1.00 bits per heavy atom. The standard InChI is InChI=1S/C25H30N2O4S/c1-16-8-11-19(12-9-16)32-23-17(2)26-27(25(3,4)5)24(23)31-22(28)15-18-10-13-20(29-6)21(14-18)30-7/h8-14H,15H2,1-7H3. The SMILES string of the molecule is COc1ccc(CC(=O)Oc2c(Sc3ccc(C)cc3)c(C)nn2C(C)(C)C)cc1OC. The van der Waals surface area contributed by atoms with Crippen molar-refractivity contribution >= 4 is 17.7 Å². The summed E-state index contributed by atoms with van der Waals surface area (Å²) in [6, 6.07) is 13.6. The van der Waals surface area contributed by atoms with Gasteiger partial charge in [-0.3, -0.25) is 4.79 Å². The Morgan fingerprint density at radius 2 is 1.66 bits per heavy atom. The van der Waals surface area contributed by atoms with Crippen molar-refractivity contribution in [3.63, 3.8) is 0 Å². The fraction of sp³-hybridized carbons (Fsp3) is 0.360. The molecular formula is C25H30N2O4S. The minimum Gasteiger partial charge on any atom is -0.493 e. The molecule has 0 unspecified atom stereocenters. The number of methoxy groups -OCH3 is 2. The second kappa shape index (κ2) is 9.69. The molecule has 2 aromatic carbocycles. The molecule has 0 saturated carbocycles. The van der Waals surface area contributed by atoms with Crippen LogP contribution in [0.1, 0.15) is 37.6 Å². The molecule has 0 N–H and O–H groups in total. The number of aromatic nitrogens is 2. The first-order chi connectivity index (χ1) is 15.1. The van der Waals surface area contributed by atoms with Gasteiger partial charge in [-0.25, -0.2) is 4.68 Å². The van der Waals surface area contributed by atoms with Crippen LogP contribution in [-0.4, -0.2) is 30.0 Å². The van der Waals surface area contributed by atoms with E-state index in [-0.39, 0.29) is 17.9 Å². The molecule has 0 spiro atoms. The van der Waals surface area contributed by atoms with Crippen LogP contribution in [0.2, 0.25) is 0 Å². The number of hydrogen-bond donors (Lipinski definition) is 0. The summed E-state index contributed by atoms with van der Waals surface area (Å²) in [6.07, 6.45) is 0.101. The first kappa shape index (κ1) is 23.7. The van der Waals surface area contributed by atoms with Gasteiger partial charge in [0.15, 0.2) is 11.5 Å². The highest BCUT2D eigenvalue weighted by molar-refractivity contribution is 7.99. The molecule has 0 radical (unpaired) electrons. The third kappa shape index (κ3) is 5.46. The summed E-state index contributed by atoms with van der Waals surface area (Å²) in [6.45, 7) is 10.1. The number of aryl methyl sites for hydroxylation is 2. The molecule has 170 valence electrons. The number of carbonyl (C=O) groups is 1. The van der Waals surface area contributed by atoms with E-state index >= 15 is 0 Å². The van der Waals surface area contributed by atoms with E-state index in [9.17, 15) is 4.79 Å². The summed E-state index contributed by atoms with van der Waals surface area (Å²) in [5, 5.41) is 4.69. The first-order valence-corrected chi connectivity index (χ1v) is 11.2. The summed E-state index contributed by atoms with van der Waals surface area (Å²) in [7, 11) is 3.15. The maximum absolute atomic E-state index is 12.9. The van der Waals surface area contributed by atoms with E-state index in [1.54, 1.807) is 42.8 Å². The van der Waals surface area contributed by atoms with Crippen molar-refractivity contribution in [3.05, 3.63) is 59.3 Å². The number of esters is 1. The molecule has 0 aliphatic carbocycles. The molecule has 7 heteroatoms. The van der Waals surface area contributed by atoms with Gasteiger partial charge in [-0.2, -0.15) is 5.10 Å². The predicted octanol–water partition coefficient (Wildman–Crippen LogP) is 5.57. The molecule has 3 rings (SSSR count). The average Bonchev–Trinajstić information content (AvgIpc) is 3.05. The van der Waals surface area contributed by atoms with E-state index in [0.29, 0.717) is 17.4 Å². The summed E-state index contributed by atoms with van der Waals surface area (Å²) in [5.74, 6) is 1.28. The van der Waals surface area contributed by atoms with Gasteiger partial charge >= 0.3 is 5.97 Å². The number of rotatable bonds is 7. The highest BCUT2D eigenvalue weighted by atomic mass is 32.2. The quantitative estimate of drug-likeness (QED) is 0.435. The van der Waals surface area contributed by atoms with Crippen LogP contribution in [0.15, 0.2) is 52.3 Å². The molecule has 1 aromatic heterocycles. The van der Waals surface area contributed by atoms with Crippen molar-refractivity contribution in [1.82, 2.24) is 9.78 Å². The Labute approximate surface area is 193 Å². The van der Waals surface area contributed by atoms with Crippen LogP contribution in [0.4, 0.5) is 0 Å². The zero-order valence-electron chi connectivity index (χ0n) is 19.7. The number of carbonyl (C=O) groups excluding carboxylic acids is 1. The normalized spacial score (nSPS) is 11.3. The zero-order chi connectivity index (χ0) is 23.5. The third-order valence-corrected chi connectivity index (χ3v) is 6.03. The minimum atomic E-state index is -0.367. The summed E-state index contributed by atoms with van der Waals surface area (Å²) in [4.78, 5) is 14.8. The van der Waals surface area contributed by atoms with Gasteiger partial charge in [-0.1, -0.05) is 35.5 Å². The van der Waals surface area contributed by atoms with Crippen LogP contribution < -0.4 is 14.2 Å². The van der Waals surface area contributed by atoms with Gasteiger partial charge in [-0.15, -0.1) is 0 Å². The van der Waals surface area contributed by atoms with Gasteiger partial charge in [0, 0.05) is 4.90 Å². The first-order valence-electron chi connectivity index (χ1n) is 10.4. The zero-order valence-corrected chi connectivity index (χ0v) is 20.5. The summed E-state index contributed by atoms with van der Waals surface area (Å²) < 4.78 is 18.3. The number of benzene rings is 2. The summed E-state index contributed by atoms with van der Waals surface area (Å²) >= 11 is 1.55. The smallest absolute Gasteiger partial charge is 0.317 e. The third-order valence-electron chi connectivity index (χ3n) is 4.85. The van der Waals surface area contributed by atoms with Crippen LogP contribution in [-0.2, 0) is 16.8 Å². The van der Waals surface area contributed by atoms with Gasteiger partial charge in [0.05, 0.1) is 36.8 Å². The van der Waals surface area contributed by atoms with Crippen molar-refractivity contribution in [2.75, 3.05) is 14.2 Å². The van der Waals surface area contributed by atoms with E-state index in [1.165, 1.54) is 5.56 Å². The Hall–Kier alpha value is -2.93. The maximum Gasteiger partial charge on any atom is 0.317 e. The topological polar surface area (TPSA) is 62.6 Å². The van der Waals surface area contributed by atoms with E-state index in [1.807, 2.05) is 33.8 Å². The van der Waals surface area contributed by atoms with Gasteiger partial charge in [0.2, 0.25) is 5.88 Å². The highest BCUT2D eigenvalue weighted by Gasteiger charge is 2.27.